The lowest BCUT2D eigenvalue weighted by atomic mass is 9.99. The van der Waals surface area contributed by atoms with E-state index in [9.17, 15) is 14.4 Å². The first-order valence-electron chi connectivity index (χ1n) is 11.2. The molecule has 2 aromatic carbocycles. The SMILES string of the molecule is CC[C@H](C)[C@@H](NC(=O)OC(C)(C)C)C(=O)Oc1ccc2c(oc(=O)c3cc(OC)ccc32)c1C. The molecule has 3 aromatic rings. The Balaban J connectivity index is 1.95. The molecule has 0 aliphatic rings. The minimum absolute atomic E-state index is 0.197. The van der Waals surface area contributed by atoms with Crippen LogP contribution in [0.3, 0.4) is 0 Å². The number of fused-ring (bicyclic) bond motifs is 3. The quantitative estimate of drug-likeness (QED) is 0.232. The van der Waals surface area contributed by atoms with Gasteiger partial charge in [0, 0.05) is 16.3 Å². The van der Waals surface area contributed by atoms with Gasteiger partial charge in [0.1, 0.15) is 28.7 Å². The molecule has 0 fully saturated rings. The van der Waals surface area contributed by atoms with Crippen molar-refractivity contribution in [2.75, 3.05) is 7.11 Å². The van der Waals surface area contributed by atoms with Crippen LogP contribution in [0.4, 0.5) is 4.79 Å². The van der Waals surface area contributed by atoms with Crippen molar-refractivity contribution in [1.82, 2.24) is 5.32 Å². The van der Waals surface area contributed by atoms with Crippen molar-refractivity contribution in [3.63, 3.8) is 0 Å². The predicted octanol–water partition coefficient (Wildman–Crippen LogP) is 5.11. The number of alkyl carbamates (subject to hydrolysis) is 1. The van der Waals surface area contributed by atoms with Gasteiger partial charge in [0.2, 0.25) is 0 Å². The Morgan fingerprint density at radius 1 is 1.09 bits per heavy atom. The third-order valence-electron chi connectivity index (χ3n) is 5.64. The number of ether oxygens (including phenoxy) is 3. The minimum atomic E-state index is -0.911. The molecule has 182 valence electrons. The Bertz CT molecular complexity index is 1290. The van der Waals surface area contributed by atoms with E-state index in [1.165, 1.54) is 7.11 Å². The van der Waals surface area contributed by atoms with Gasteiger partial charge in [-0.25, -0.2) is 14.4 Å². The fourth-order valence-corrected chi connectivity index (χ4v) is 3.61. The van der Waals surface area contributed by atoms with Gasteiger partial charge >= 0.3 is 17.7 Å². The van der Waals surface area contributed by atoms with Crippen molar-refractivity contribution >= 4 is 33.8 Å². The summed E-state index contributed by atoms with van der Waals surface area (Å²) in [6, 6.07) is 7.67. The van der Waals surface area contributed by atoms with Crippen molar-refractivity contribution in [3.8, 4) is 11.5 Å². The zero-order valence-corrected chi connectivity index (χ0v) is 20.6. The van der Waals surface area contributed by atoms with E-state index in [0.29, 0.717) is 39.5 Å². The summed E-state index contributed by atoms with van der Waals surface area (Å²) in [6.45, 7) is 10.7. The molecule has 3 rings (SSSR count). The number of amides is 1. The first-order valence-corrected chi connectivity index (χ1v) is 11.2. The van der Waals surface area contributed by atoms with E-state index in [-0.39, 0.29) is 11.7 Å². The molecule has 0 radical (unpaired) electrons. The molecule has 0 saturated heterocycles. The number of carbonyl (C=O) groups excluding carboxylic acids is 2. The largest absolute Gasteiger partial charge is 0.497 e. The van der Waals surface area contributed by atoms with Crippen LogP contribution < -0.4 is 20.4 Å². The van der Waals surface area contributed by atoms with Gasteiger partial charge in [0.05, 0.1) is 12.5 Å². The second kappa shape index (κ2) is 9.75. The molecule has 8 heteroatoms. The smallest absolute Gasteiger partial charge is 0.408 e. The maximum absolute atomic E-state index is 13.1. The molecular formula is C26H31NO7. The molecule has 0 spiro atoms. The van der Waals surface area contributed by atoms with Crippen molar-refractivity contribution in [2.45, 2.75) is 59.6 Å². The van der Waals surface area contributed by atoms with Crippen LogP contribution >= 0.6 is 0 Å². The number of methoxy groups -OCH3 is 1. The molecule has 34 heavy (non-hydrogen) atoms. The van der Waals surface area contributed by atoms with E-state index >= 15 is 0 Å². The van der Waals surface area contributed by atoms with Gasteiger partial charge in [-0.15, -0.1) is 0 Å². The molecule has 8 nitrogen and oxygen atoms in total. The van der Waals surface area contributed by atoms with Gasteiger partial charge in [-0.2, -0.15) is 0 Å². The molecule has 2 atom stereocenters. The van der Waals surface area contributed by atoms with Gasteiger partial charge in [0.15, 0.2) is 0 Å². The summed E-state index contributed by atoms with van der Waals surface area (Å²) in [5, 5.41) is 4.44. The zero-order chi connectivity index (χ0) is 25.2. The molecule has 1 amide bonds. The van der Waals surface area contributed by atoms with Gasteiger partial charge < -0.3 is 23.9 Å². The molecule has 0 aliphatic carbocycles. The normalized spacial score (nSPS) is 13.4. The van der Waals surface area contributed by atoms with Crippen LogP contribution in [0.2, 0.25) is 0 Å². The number of esters is 1. The van der Waals surface area contributed by atoms with Crippen LogP contribution in [0, 0.1) is 12.8 Å². The van der Waals surface area contributed by atoms with Crippen LogP contribution in [0.5, 0.6) is 11.5 Å². The average Bonchev–Trinajstić information content (AvgIpc) is 2.77. The van der Waals surface area contributed by atoms with Crippen LogP contribution in [-0.2, 0) is 9.53 Å². The summed E-state index contributed by atoms with van der Waals surface area (Å²) >= 11 is 0. The van der Waals surface area contributed by atoms with E-state index in [1.54, 1.807) is 58.0 Å². The maximum atomic E-state index is 13.1. The molecule has 0 aliphatic heterocycles. The van der Waals surface area contributed by atoms with Gasteiger partial charge in [-0.1, -0.05) is 20.3 Å². The second-order valence-corrected chi connectivity index (χ2v) is 9.30. The molecular weight excluding hydrogens is 438 g/mol. The number of hydrogen-bond acceptors (Lipinski definition) is 7. The zero-order valence-electron chi connectivity index (χ0n) is 20.6. The summed E-state index contributed by atoms with van der Waals surface area (Å²) in [4.78, 5) is 38.0. The first-order chi connectivity index (χ1) is 15.9. The monoisotopic (exact) mass is 469 g/mol. The van der Waals surface area contributed by atoms with Crippen molar-refractivity contribution in [2.24, 2.45) is 5.92 Å². The Hall–Kier alpha value is -3.55. The number of rotatable bonds is 6. The third-order valence-corrected chi connectivity index (χ3v) is 5.64. The number of benzene rings is 2. The second-order valence-electron chi connectivity index (χ2n) is 9.30. The van der Waals surface area contributed by atoms with E-state index in [2.05, 4.69) is 5.32 Å². The molecule has 0 saturated carbocycles. The number of hydrogen-bond donors (Lipinski definition) is 1. The molecule has 1 N–H and O–H groups in total. The Labute approximate surface area is 198 Å². The predicted molar refractivity (Wildman–Crippen MR) is 130 cm³/mol. The number of carbonyl (C=O) groups is 2. The highest BCUT2D eigenvalue weighted by atomic mass is 16.6. The topological polar surface area (TPSA) is 104 Å². The Morgan fingerprint density at radius 3 is 2.38 bits per heavy atom. The highest BCUT2D eigenvalue weighted by molar-refractivity contribution is 6.06. The molecule has 1 aromatic heterocycles. The van der Waals surface area contributed by atoms with Gasteiger partial charge in [0.25, 0.3) is 0 Å². The summed E-state index contributed by atoms with van der Waals surface area (Å²) in [5.74, 6) is -0.0315. The lowest BCUT2D eigenvalue weighted by Gasteiger charge is -2.25. The Morgan fingerprint density at radius 2 is 1.76 bits per heavy atom. The highest BCUT2D eigenvalue weighted by Gasteiger charge is 2.30. The van der Waals surface area contributed by atoms with Crippen LogP contribution in [0.25, 0.3) is 21.7 Å². The van der Waals surface area contributed by atoms with Crippen LogP contribution in [-0.4, -0.2) is 30.8 Å². The number of nitrogens with one attached hydrogen (secondary N) is 1. The van der Waals surface area contributed by atoms with Crippen molar-refractivity contribution in [3.05, 3.63) is 46.3 Å². The lowest BCUT2D eigenvalue weighted by molar-refractivity contribution is -0.138. The molecule has 0 unspecified atom stereocenters. The van der Waals surface area contributed by atoms with E-state index in [4.69, 9.17) is 18.6 Å². The number of aryl methyl sites for hydroxylation is 1. The first kappa shape index (κ1) is 25.1. The fourth-order valence-electron chi connectivity index (χ4n) is 3.61. The Kier molecular flexibility index (Phi) is 7.19. The fraction of sp³-hybridized carbons (Fsp3) is 0.423. The summed E-state index contributed by atoms with van der Waals surface area (Å²) < 4.78 is 21.8. The maximum Gasteiger partial charge on any atom is 0.408 e. The standard InChI is InChI=1S/C26H31NO7/c1-8-14(2)21(27-25(30)34-26(4,5)6)24(29)32-20-12-11-18-17-10-9-16(31-7)13-19(17)23(28)33-22(18)15(20)3/h9-14,21H,8H2,1-7H3,(H,27,30)/t14-,21+/m0/s1. The van der Waals surface area contributed by atoms with Gasteiger partial charge in [-0.05, 0) is 63.9 Å². The van der Waals surface area contributed by atoms with Crippen LogP contribution in [0.1, 0.15) is 46.6 Å². The lowest BCUT2D eigenvalue weighted by Crippen LogP contribution is -2.48. The van der Waals surface area contributed by atoms with E-state index in [0.717, 1.165) is 0 Å². The summed E-state index contributed by atoms with van der Waals surface area (Å²) in [5.41, 5.74) is -0.390. The summed E-state index contributed by atoms with van der Waals surface area (Å²) in [7, 11) is 1.53. The molecule has 1 heterocycles. The summed E-state index contributed by atoms with van der Waals surface area (Å²) in [6.07, 6.45) is -0.0609. The van der Waals surface area contributed by atoms with Gasteiger partial charge in [-0.3, -0.25) is 0 Å². The highest BCUT2D eigenvalue weighted by Crippen LogP contribution is 2.32. The van der Waals surface area contributed by atoms with E-state index in [1.807, 2.05) is 13.8 Å². The minimum Gasteiger partial charge on any atom is -0.497 e. The molecule has 0 bridgehead atoms. The average molecular weight is 470 g/mol. The van der Waals surface area contributed by atoms with Crippen molar-refractivity contribution in [1.29, 1.82) is 0 Å². The van der Waals surface area contributed by atoms with Crippen LogP contribution in [0.15, 0.2) is 39.5 Å². The van der Waals surface area contributed by atoms with Crippen molar-refractivity contribution < 1.29 is 28.2 Å². The van der Waals surface area contributed by atoms with E-state index < -0.39 is 29.3 Å². The third kappa shape index (κ3) is 5.32.